The second-order valence-corrected chi connectivity index (χ2v) is 8.57. The Morgan fingerprint density at radius 1 is 1.07 bits per heavy atom. The highest BCUT2D eigenvalue weighted by atomic mass is 16.3. The van der Waals surface area contributed by atoms with E-state index in [0.717, 1.165) is 5.56 Å². The zero-order valence-corrected chi connectivity index (χ0v) is 16.6. The van der Waals surface area contributed by atoms with Crippen LogP contribution in [0.5, 0.6) is 0 Å². The Hall–Kier alpha value is -2.46. The third-order valence-electron chi connectivity index (χ3n) is 5.19. The quantitative estimate of drug-likeness (QED) is 0.826. The maximum Gasteiger partial charge on any atom is 0.264 e. The molecule has 0 saturated heterocycles. The Labute approximate surface area is 160 Å². The number of hydrogen-bond acceptors (Lipinski definition) is 3. The first-order valence-electron chi connectivity index (χ1n) is 9.35. The van der Waals surface area contributed by atoms with Crippen molar-refractivity contribution in [3.8, 4) is 0 Å². The SMILES string of the molecule is CC(C)N1C(=O)[C@](O)(CC(=O)c2ccc(C(C)(C)C)cc2)c2ccccc21. The number of hydrogen-bond donors (Lipinski definition) is 1. The number of fused-ring (bicyclic) bond motifs is 1. The standard InChI is InChI=1S/C23H27NO3/c1-15(2)24-19-9-7-6-8-18(19)23(27,21(24)26)14-20(25)16-10-12-17(13-11-16)22(3,4)5/h6-13,15,27H,14H2,1-5H3/t23-/m0/s1. The Bertz CT molecular complexity index is 877. The van der Waals surface area contributed by atoms with E-state index in [4.69, 9.17) is 0 Å². The van der Waals surface area contributed by atoms with Crippen LogP contribution in [-0.2, 0) is 15.8 Å². The summed E-state index contributed by atoms with van der Waals surface area (Å²) in [6.45, 7) is 10.1. The van der Waals surface area contributed by atoms with Gasteiger partial charge in [0.05, 0.1) is 12.1 Å². The third-order valence-corrected chi connectivity index (χ3v) is 5.19. The molecule has 1 heterocycles. The summed E-state index contributed by atoms with van der Waals surface area (Å²) in [4.78, 5) is 27.4. The monoisotopic (exact) mass is 365 g/mol. The fourth-order valence-corrected chi connectivity index (χ4v) is 3.63. The molecule has 2 aromatic rings. The predicted octanol–water partition coefficient (Wildman–Crippen LogP) is 4.20. The van der Waals surface area contributed by atoms with Gasteiger partial charge in [-0.2, -0.15) is 0 Å². The summed E-state index contributed by atoms with van der Waals surface area (Å²) in [5.41, 5.74) is 0.994. The molecule has 1 N–H and O–H groups in total. The zero-order chi connectivity index (χ0) is 20.0. The molecule has 0 fully saturated rings. The lowest BCUT2D eigenvalue weighted by Crippen LogP contribution is -2.44. The van der Waals surface area contributed by atoms with E-state index in [2.05, 4.69) is 20.8 Å². The Kier molecular flexibility index (Phi) is 4.73. The molecule has 0 aromatic heterocycles. The highest BCUT2D eigenvalue weighted by Crippen LogP contribution is 2.43. The van der Waals surface area contributed by atoms with Crippen molar-refractivity contribution >= 4 is 17.4 Å². The van der Waals surface area contributed by atoms with Crippen molar-refractivity contribution in [2.75, 3.05) is 4.90 Å². The minimum Gasteiger partial charge on any atom is -0.375 e. The first-order chi connectivity index (χ1) is 12.6. The molecule has 0 aliphatic carbocycles. The lowest BCUT2D eigenvalue weighted by molar-refractivity contribution is -0.136. The van der Waals surface area contributed by atoms with Crippen molar-refractivity contribution in [1.29, 1.82) is 0 Å². The topological polar surface area (TPSA) is 57.6 Å². The van der Waals surface area contributed by atoms with Gasteiger partial charge in [-0.3, -0.25) is 9.59 Å². The third kappa shape index (κ3) is 3.30. The van der Waals surface area contributed by atoms with Crippen LogP contribution < -0.4 is 4.90 Å². The summed E-state index contributed by atoms with van der Waals surface area (Å²) in [6.07, 6.45) is -0.263. The lowest BCUT2D eigenvalue weighted by atomic mass is 9.85. The summed E-state index contributed by atoms with van der Waals surface area (Å²) < 4.78 is 0. The van der Waals surface area contributed by atoms with Gasteiger partial charge in [0.1, 0.15) is 0 Å². The second-order valence-electron chi connectivity index (χ2n) is 8.57. The maximum absolute atomic E-state index is 13.0. The van der Waals surface area contributed by atoms with E-state index < -0.39 is 11.5 Å². The van der Waals surface area contributed by atoms with Crippen LogP contribution in [0.1, 0.15) is 62.5 Å². The summed E-state index contributed by atoms with van der Waals surface area (Å²) in [7, 11) is 0. The van der Waals surface area contributed by atoms with Crippen LogP contribution in [0.25, 0.3) is 0 Å². The van der Waals surface area contributed by atoms with Crippen LogP contribution in [0.4, 0.5) is 5.69 Å². The molecule has 27 heavy (non-hydrogen) atoms. The minimum absolute atomic E-state index is 0.00208. The number of amides is 1. The van der Waals surface area contributed by atoms with E-state index in [1.807, 2.05) is 38.1 Å². The first kappa shape index (κ1) is 19.3. The molecule has 1 aliphatic heterocycles. The molecule has 0 unspecified atom stereocenters. The number of anilines is 1. The molecule has 4 heteroatoms. The highest BCUT2D eigenvalue weighted by molar-refractivity contribution is 6.11. The van der Waals surface area contributed by atoms with Gasteiger partial charge < -0.3 is 10.0 Å². The van der Waals surface area contributed by atoms with E-state index in [0.29, 0.717) is 16.8 Å². The molecule has 1 aliphatic rings. The molecule has 2 aromatic carbocycles. The van der Waals surface area contributed by atoms with Gasteiger partial charge in [-0.25, -0.2) is 0 Å². The van der Waals surface area contributed by atoms with Gasteiger partial charge in [-0.05, 0) is 30.9 Å². The number of nitrogens with zero attached hydrogens (tertiary/aromatic N) is 1. The zero-order valence-electron chi connectivity index (χ0n) is 16.6. The van der Waals surface area contributed by atoms with Crippen LogP contribution in [0.15, 0.2) is 48.5 Å². The van der Waals surface area contributed by atoms with Gasteiger partial charge >= 0.3 is 0 Å². The van der Waals surface area contributed by atoms with Crippen LogP contribution in [0.3, 0.4) is 0 Å². The van der Waals surface area contributed by atoms with Crippen molar-refractivity contribution in [3.05, 3.63) is 65.2 Å². The van der Waals surface area contributed by atoms with E-state index in [1.165, 1.54) is 0 Å². The lowest BCUT2D eigenvalue weighted by Gasteiger charge is -2.25. The number of carbonyl (C=O) groups excluding carboxylic acids is 2. The van der Waals surface area contributed by atoms with Crippen molar-refractivity contribution in [2.24, 2.45) is 0 Å². The molecule has 0 radical (unpaired) electrons. The highest BCUT2D eigenvalue weighted by Gasteiger charge is 2.51. The maximum atomic E-state index is 13.0. The Balaban J connectivity index is 1.92. The molecule has 3 rings (SSSR count). The summed E-state index contributed by atoms with van der Waals surface area (Å²) in [5, 5.41) is 11.2. The van der Waals surface area contributed by atoms with Gasteiger partial charge in [-0.1, -0.05) is 63.2 Å². The van der Waals surface area contributed by atoms with Crippen molar-refractivity contribution in [1.82, 2.24) is 0 Å². The Morgan fingerprint density at radius 3 is 2.22 bits per heavy atom. The van der Waals surface area contributed by atoms with E-state index in [-0.39, 0.29) is 23.7 Å². The Morgan fingerprint density at radius 2 is 1.67 bits per heavy atom. The second kappa shape index (κ2) is 6.61. The predicted molar refractivity (Wildman–Crippen MR) is 107 cm³/mol. The van der Waals surface area contributed by atoms with Gasteiger partial charge in [0.25, 0.3) is 5.91 Å². The van der Waals surface area contributed by atoms with Crippen molar-refractivity contribution in [2.45, 2.75) is 58.1 Å². The summed E-state index contributed by atoms with van der Waals surface area (Å²) in [6, 6.07) is 14.5. The van der Waals surface area contributed by atoms with Crippen LogP contribution in [0, 0.1) is 0 Å². The average molecular weight is 365 g/mol. The molecule has 4 nitrogen and oxygen atoms in total. The van der Waals surface area contributed by atoms with Crippen molar-refractivity contribution in [3.63, 3.8) is 0 Å². The van der Waals surface area contributed by atoms with Crippen LogP contribution in [0.2, 0.25) is 0 Å². The molecular formula is C23H27NO3. The normalized spacial score (nSPS) is 19.5. The molecule has 0 saturated carbocycles. The fourth-order valence-electron chi connectivity index (χ4n) is 3.63. The van der Waals surface area contributed by atoms with Gasteiger partial charge in [-0.15, -0.1) is 0 Å². The molecular weight excluding hydrogens is 338 g/mol. The number of rotatable bonds is 4. The van der Waals surface area contributed by atoms with Gasteiger partial charge in [0.15, 0.2) is 11.4 Å². The fraction of sp³-hybridized carbons (Fsp3) is 0.391. The molecule has 1 atom stereocenters. The largest absolute Gasteiger partial charge is 0.375 e. The number of aliphatic hydroxyl groups is 1. The summed E-state index contributed by atoms with van der Waals surface area (Å²) >= 11 is 0. The van der Waals surface area contributed by atoms with E-state index in [9.17, 15) is 14.7 Å². The van der Waals surface area contributed by atoms with Gasteiger partial charge in [0.2, 0.25) is 0 Å². The molecule has 142 valence electrons. The number of Topliss-reactive ketones (excluding diaryl/α,β-unsaturated/α-hetero) is 1. The number of para-hydroxylation sites is 1. The number of carbonyl (C=O) groups is 2. The number of benzene rings is 2. The smallest absolute Gasteiger partial charge is 0.264 e. The average Bonchev–Trinajstić information content (AvgIpc) is 2.82. The summed E-state index contributed by atoms with van der Waals surface area (Å²) in [5.74, 6) is -0.676. The van der Waals surface area contributed by atoms with E-state index in [1.54, 1.807) is 29.2 Å². The molecule has 1 amide bonds. The molecule has 0 bridgehead atoms. The van der Waals surface area contributed by atoms with E-state index >= 15 is 0 Å². The van der Waals surface area contributed by atoms with Crippen LogP contribution >= 0.6 is 0 Å². The van der Waals surface area contributed by atoms with Gasteiger partial charge in [0, 0.05) is 17.2 Å². The number of ketones is 1. The first-order valence-corrected chi connectivity index (χ1v) is 9.35. The van der Waals surface area contributed by atoms with Crippen molar-refractivity contribution < 1.29 is 14.7 Å². The van der Waals surface area contributed by atoms with Crippen LogP contribution in [-0.4, -0.2) is 22.8 Å². The minimum atomic E-state index is -1.82. The molecule has 0 spiro atoms.